The van der Waals surface area contributed by atoms with Gasteiger partial charge >= 0.3 is 12.2 Å². The van der Waals surface area contributed by atoms with Crippen LogP contribution >= 0.6 is 0 Å². The molecule has 0 aliphatic heterocycles. The van der Waals surface area contributed by atoms with E-state index in [1.807, 2.05) is 6.92 Å². The van der Waals surface area contributed by atoms with Crippen LogP contribution in [0.3, 0.4) is 0 Å². The standard InChI is InChI=1S/C8H15F3N2O/c1-3-4-5-13(2)7(14)12-6-8(9,10)11/h3-6H2,1-2H3,(H,12,14). The number of carbonyl (C=O) groups excluding carboxylic acids is 1. The molecule has 0 rings (SSSR count). The van der Waals surface area contributed by atoms with Crippen molar-refractivity contribution >= 4 is 6.03 Å². The molecule has 0 fully saturated rings. The van der Waals surface area contributed by atoms with E-state index in [1.54, 1.807) is 5.32 Å². The molecule has 0 aromatic carbocycles. The van der Waals surface area contributed by atoms with Gasteiger partial charge in [-0.1, -0.05) is 13.3 Å². The van der Waals surface area contributed by atoms with E-state index >= 15 is 0 Å². The Morgan fingerprint density at radius 3 is 2.43 bits per heavy atom. The third kappa shape index (κ3) is 6.56. The van der Waals surface area contributed by atoms with Crippen molar-refractivity contribution in [3.8, 4) is 0 Å². The average molecular weight is 212 g/mol. The molecule has 14 heavy (non-hydrogen) atoms. The first-order chi connectivity index (χ1) is 6.37. The topological polar surface area (TPSA) is 32.3 Å². The van der Waals surface area contributed by atoms with Gasteiger partial charge < -0.3 is 10.2 Å². The molecular formula is C8H15F3N2O. The number of amides is 2. The van der Waals surface area contributed by atoms with Crippen LogP contribution in [0.5, 0.6) is 0 Å². The highest BCUT2D eigenvalue weighted by atomic mass is 19.4. The van der Waals surface area contributed by atoms with Gasteiger partial charge in [-0.05, 0) is 6.42 Å². The molecule has 0 spiro atoms. The van der Waals surface area contributed by atoms with Gasteiger partial charge in [-0.15, -0.1) is 0 Å². The van der Waals surface area contributed by atoms with Crippen LogP contribution in [-0.4, -0.2) is 37.2 Å². The first-order valence-corrected chi connectivity index (χ1v) is 4.42. The third-order valence-corrected chi connectivity index (χ3v) is 1.63. The van der Waals surface area contributed by atoms with Crippen LogP contribution in [0.4, 0.5) is 18.0 Å². The maximum Gasteiger partial charge on any atom is 0.405 e. The number of unbranched alkanes of at least 4 members (excludes halogenated alkanes) is 1. The fourth-order valence-electron chi connectivity index (χ4n) is 0.808. The molecule has 6 heteroatoms. The molecule has 0 saturated heterocycles. The summed E-state index contributed by atoms with van der Waals surface area (Å²) in [4.78, 5) is 12.3. The van der Waals surface area contributed by atoms with Crippen molar-refractivity contribution in [2.24, 2.45) is 0 Å². The molecular weight excluding hydrogens is 197 g/mol. The second kappa shape index (κ2) is 5.72. The molecule has 0 aliphatic rings. The van der Waals surface area contributed by atoms with Crippen molar-refractivity contribution in [3.63, 3.8) is 0 Å². The van der Waals surface area contributed by atoms with E-state index in [-0.39, 0.29) is 0 Å². The Morgan fingerprint density at radius 1 is 1.43 bits per heavy atom. The number of rotatable bonds is 4. The summed E-state index contributed by atoms with van der Waals surface area (Å²) in [6.07, 6.45) is -2.66. The molecule has 3 nitrogen and oxygen atoms in total. The highest BCUT2D eigenvalue weighted by Crippen LogP contribution is 2.12. The molecule has 0 bridgehead atoms. The maximum atomic E-state index is 11.7. The number of hydrogen-bond donors (Lipinski definition) is 1. The maximum absolute atomic E-state index is 11.7. The second-order valence-electron chi connectivity index (χ2n) is 3.05. The molecule has 0 atom stereocenters. The molecule has 0 aromatic rings. The normalized spacial score (nSPS) is 11.2. The Hall–Kier alpha value is -0.940. The van der Waals surface area contributed by atoms with E-state index in [0.29, 0.717) is 6.54 Å². The van der Waals surface area contributed by atoms with Crippen molar-refractivity contribution in [1.82, 2.24) is 10.2 Å². The second-order valence-corrected chi connectivity index (χ2v) is 3.05. The minimum Gasteiger partial charge on any atom is -0.329 e. The Labute approximate surface area is 81.3 Å². The number of carbonyl (C=O) groups is 1. The van der Waals surface area contributed by atoms with Gasteiger partial charge in [0.1, 0.15) is 6.54 Å². The van der Waals surface area contributed by atoms with Crippen molar-refractivity contribution < 1.29 is 18.0 Å². The smallest absolute Gasteiger partial charge is 0.329 e. The van der Waals surface area contributed by atoms with Gasteiger partial charge in [-0.3, -0.25) is 0 Å². The van der Waals surface area contributed by atoms with Crippen molar-refractivity contribution in [1.29, 1.82) is 0 Å². The van der Waals surface area contributed by atoms with Gasteiger partial charge in [0.2, 0.25) is 0 Å². The van der Waals surface area contributed by atoms with Crippen LogP contribution in [-0.2, 0) is 0 Å². The molecule has 0 saturated carbocycles. The third-order valence-electron chi connectivity index (χ3n) is 1.63. The van der Waals surface area contributed by atoms with Gasteiger partial charge in [0.15, 0.2) is 0 Å². The summed E-state index contributed by atoms with van der Waals surface area (Å²) in [5, 5.41) is 1.79. The van der Waals surface area contributed by atoms with Crippen LogP contribution < -0.4 is 5.32 Å². The molecule has 0 aliphatic carbocycles. The van der Waals surface area contributed by atoms with Gasteiger partial charge in [0.25, 0.3) is 0 Å². The number of nitrogens with zero attached hydrogens (tertiary/aromatic N) is 1. The monoisotopic (exact) mass is 212 g/mol. The van der Waals surface area contributed by atoms with Gasteiger partial charge in [0, 0.05) is 13.6 Å². The number of urea groups is 1. The average Bonchev–Trinajstić information content (AvgIpc) is 2.09. The van der Waals surface area contributed by atoms with Crippen LogP contribution in [0.15, 0.2) is 0 Å². The largest absolute Gasteiger partial charge is 0.405 e. The lowest BCUT2D eigenvalue weighted by Gasteiger charge is -2.18. The highest BCUT2D eigenvalue weighted by molar-refractivity contribution is 5.73. The van der Waals surface area contributed by atoms with E-state index in [2.05, 4.69) is 0 Å². The van der Waals surface area contributed by atoms with Crippen molar-refractivity contribution in [2.75, 3.05) is 20.1 Å². The van der Waals surface area contributed by atoms with E-state index in [1.165, 1.54) is 11.9 Å². The lowest BCUT2D eigenvalue weighted by Crippen LogP contribution is -2.42. The van der Waals surface area contributed by atoms with Crippen LogP contribution in [0.1, 0.15) is 19.8 Å². The number of halogens is 3. The predicted octanol–water partition coefficient (Wildman–Crippen LogP) is 1.99. The van der Waals surface area contributed by atoms with Crippen LogP contribution in [0, 0.1) is 0 Å². The Balaban J connectivity index is 3.73. The number of alkyl halides is 3. The first kappa shape index (κ1) is 13.1. The van der Waals surface area contributed by atoms with Gasteiger partial charge in [-0.2, -0.15) is 13.2 Å². The predicted molar refractivity (Wildman–Crippen MR) is 47.0 cm³/mol. The molecule has 0 aromatic heterocycles. The molecule has 0 heterocycles. The van der Waals surface area contributed by atoms with Crippen molar-refractivity contribution in [3.05, 3.63) is 0 Å². The molecule has 1 N–H and O–H groups in total. The minimum absolute atomic E-state index is 0.472. The lowest BCUT2D eigenvalue weighted by molar-refractivity contribution is -0.123. The van der Waals surface area contributed by atoms with E-state index < -0.39 is 18.8 Å². The number of hydrogen-bond acceptors (Lipinski definition) is 1. The molecule has 2 amide bonds. The van der Waals surface area contributed by atoms with Crippen LogP contribution in [0.2, 0.25) is 0 Å². The summed E-state index contributed by atoms with van der Waals surface area (Å²) >= 11 is 0. The zero-order valence-electron chi connectivity index (χ0n) is 8.32. The SMILES string of the molecule is CCCCN(C)C(=O)NCC(F)(F)F. The van der Waals surface area contributed by atoms with E-state index in [0.717, 1.165) is 12.8 Å². The van der Waals surface area contributed by atoms with Gasteiger partial charge in [-0.25, -0.2) is 4.79 Å². The highest BCUT2D eigenvalue weighted by Gasteiger charge is 2.28. The minimum atomic E-state index is -4.35. The summed E-state index contributed by atoms with van der Waals surface area (Å²) < 4.78 is 35.1. The summed E-state index contributed by atoms with van der Waals surface area (Å²) in [5.74, 6) is 0. The molecule has 0 unspecified atom stereocenters. The Bertz CT molecular complexity index is 182. The van der Waals surface area contributed by atoms with Crippen LogP contribution in [0.25, 0.3) is 0 Å². The molecule has 0 radical (unpaired) electrons. The van der Waals surface area contributed by atoms with E-state index in [4.69, 9.17) is 0 Å². The van der Waals surface area contributed by atoms with Gasteiger partial charge in [0.05, 0.1) is 0 Å². The summed E-state index contributed by atoms with van der Waals surface area (Å²) in [6, 6.07) is -0.684. The van der Waals surface area contributed by atoms with E-state index in [9.17, 15) is 18.0 Å². The zero-order chi connectivity index (χ0) is 11.2. The molecule has 84 valence electrons. The number of nitrogens with one attached hydrogen (secondary N) is 1. The van der Waals surface area contributed by atoms with Crippen molar-refractivity contribution in [2.45, 2.75) is 25.9 Å². The fourth-order valence-corrected chi connectivity index (χ4v) is 0.808. The summed E-state index contributed by atoms with van der Waals surface area (Å²) in [6.45, 7) is 1.14. The summed E-state index contributed by atoms with van der Waals surface area (Å²) in [5.41, 5.74) is 0. The quantitative estimate of drug-likeness (QED) is 0.759. The zero-order valence-corrected chi connectivity index (χ0v) is 8.32. The summed E-state index contributed by atoms with van der Waals surface area (Å²) in [7, 11) is 1.47. The Kier molecular flexibility index (Phi) is 5.34. The fraction of sp³-hybridized carbons (Fsp3) is 0.875. The Morgan fingerprint density at radius 2 is 2.00 bits per heavy atom. The first-order valence-electron chi connectivity index (χ1n) is 4.42. The lowest BCUT2D eigenvalue weighted by atomic mass is 10.3.